The second-order valence-electron chi connectivity index (χ2n) is 4.83. The molecule has 1 aromatic rings. The molecule has 0 aliphatic rings. The average molecular weight is 230 g/mol. The van der Waals surface area contributed by atoms with Gasteiger partial charge in [0.15, 0.2) is 0 Å². The minimum Gasteiger partial charge on any atom is -0.103 e. The fraction of sp³-hybridized carbons (Fsp3) is 0.529. The van der Waals surface area contributed by atoms with Crippen molar-refractivity contribution in [1.29, 1.82) is 0 Å². The zero-order valence-electron chi connectivity index (χ0n) is 11.3. The smallest absolute Gasteiger partial charge is 0.0100 e. The van der Waals surface area contributed by atoms with E-state index in [0.29, 0.717) is 0 Å². The van der Waals surface area contributed by atoms with Crippen LogP contribution in [0, 0.1) is 0 Å². The Kier molecular flexibility index (Phi) is 7.46. The van der Waals surface area contributed by atoms with E-state index in [0.717, 1.165) is 6.42 Å². The molecule has 94 valence electrons. The van der Waals surface area contributed by atoms with E-state index < -0.39 is 0 Å². The summed E-state index contributed by atoms with van der Waals surface area (Å²) >= 11 is 0. The fourth-order valence-corrected chi connectivity index (χ4v) is 2.12. The number of hydrogen-bond acceptors (Lipinski definition) is 0. The predicted octanol–water partition coefficient (Wildman–Crippen LogP) is 5.32. The summed E-state index contributed by atoms with van der Waals surface area (Å²) < 4.78 is 0. The van der Waals surface area contributed by atoms with Crippen LogP contribution in [0.25, 0.3) is 0 Å². The van der Waals surface area contributed by atoms with Gasteiger partial charge in [0.05, 0.1) is 0 Å². The van der Waals surface area contributed by atoms with Gasteiger partial charge in [0.25, 0.3) is 0 Å². The third-order valence-corrected chi connectivity index (χ3v) is 3.22. The van der Waals surface area contributed by atoms with Crippen molar-refractivity contribution in [1.82, 2.24) is 0 Å². The highest BCUT2D eigenvalue weighted by Gasteiger charge is 1.95. The standard InChI is InChI=1S/C17H26/c1-3-5-6-7-8-9-11-17-14-12-16(10-4-2)13-15-17/h4,12-15H,2-3,5-11H2,1H3. The summed E-state index contributed by atoms with van der Waals surface area (Å²) in [5, 5.41) is 0. The molecule has 0 aliphatic carbocycles. The molecule has 0 radical (unpaired) electrons. The molecule has 0 fully saturated rings. The van der Waals surface area contributed by atoms with Gasteiger partial charge in [0.1, 0.15) is 0 Å². The Hall–Kier alpha value is -1.04. The summed E-state index contributed by atoms with van der Waals surface area (Å²) in [5.74, 6) is 0. The van der Waals surface area contributed by atoms with Crippen molar-refractivity contribution in [3.63, 3.8) is 0 Å². The molecule has 1 rings (SSSR count). The molecule has 0 nitrogen and oxygen atoms in total. The lowest BCUT2D eigenvalue weighted by molar-refractivity contribution is 0.607. The van der Waals surface area contributed by atoms with Crippen LogP contribution in [0.15, 0.2) is 36.9 Å². The van der Waals surface area contributed by atoms with Crippen molar-refractivity contribution >= 4 is 0 Å². The third kappa shape index (κ3) is 6.31. The maximum absolute atomic E-state index is 3.76. The topological polar surface area (TPSA) is 0 Å². The molecule has 1 aromatic carbocycles. The van der Waals surface area contributed by atoms with Crippen LogP contribution >= 0.6 is 0 Å². The quantitative estimate of drug-likeness (QED) is 0.398. The van der Waals surface area contributed by atoms with Gasteiger partial charge < -0.3 is 0 Å². The Bertz CT molecular complexity index is 294. The van der Waals surface area contributed by atoms with Crippen LogP contribution < -0.4 is 0 Å². The summed E-state index contributed by atoms with van der Waals surface area (Å²) in [5.41, 5.74) is 2.85. The molecule has 0 N–H and O–H groups in total. The molecule has 0 amide bonds. The van der Waals surface area contributed by atoms with Gasteiger partial charge >= 0.3 is 0 Å². The molecular formula is C17H26. The zero-order valence-corrected chi connectivity index (χ0v) is 11.3. The minimum absolute atomic E-state index is 0.983. The number of unbranched alkanes of at least 4 members (excludes halogenated alkanes) is 5. The molecular weight excluding hydrogens is 204 g/mol. The lowest BCUT2D eigenvalue weighted by Crippen LogP contribution is -1.88. The monoisotopic (exact) mass is 230 g/mol. The number of allylic oxidation sites excluding steroid dienone is 1. The summed E-state index contributed by atoms with van der Waals surface area (Å²) in [7, 11) is 0. The van der Waals surface area contributed by atoms with Crippen LogP contribution in [0.5, 0.6) is 0 Å². The van der Waals surface area contributed by atoms with Gasteiger partial charge in [-0.1, -0.05) is 69.4 Å². The molecule has 0 atom stereocenters. The molecule has 0 unspecified atom stereocenters. The van der Waals surface area contributed by atoms with Gasteiger partial charge in [-0.2, -0.15) is 0 Å². The maximum atomic E-state index is 3.76. The van der Waals surface area contributed by atoms with E-state index in [1.54, 1.807) is 0 Å². The van der Waals surface area contributed by atoms with E-state index in [1.807, 2.05) is 6.08 Å². The van der Waals surface area contributed by atoms with E-state index in [4.69, 9.17) is 0 Å². The summed E-state index contributed by atoms with van der Waals surface area (Å²) in [6.45, 7) is 6.03. The van der Waals surface area contributed by atoms with Gasteiger partial charge in [-0.15, -0.1) is 6.58 Å². The van der Waals surface area contributed by atoms with Gasteiger partial charge in [-0.05, 0) is 30.4 Å². The molecule has 0 aliphatic heterocycles. The Morgan fingerprint density at radius 3 is 2.12 bits per heavy atom. The van der Waals surface area contributed by atoms with Crippen molar-refractivity contribution in [2.24, 2.45) is 0 Å². The summed E-state index contributed by atoms with van der Waals surface area (Å²) in [4.78, 5) is 0. The first-order chi connectivity index (χ1) is 8.36. The second kappa shape index (κ2) is 9.04. The van der Waals surface area contributed by atoms with E-state index >= 15 is 0 Å². The first-order valence-electron chi connectivity index (χ1n) is 7.05. The van der Waals surface area contributed by atoms with Gasteiger partial charge in [0, 0.05) is 0 Å². The molecule has 0 saturated carbocycles. The number of rotatable bonds is 9. The van der Waals surface area contributed by atoms with Crippen molar-refractivity contribution in [3.05, 3.63) is 48.0 Å². The summed E-state index contributed by atoms with van der Waals surface area (Å²) in [6, 6.07) is 9.00. The van der Waals surface area contributed by atoms with Crippen LogP contribution in [-0.2, 0) is 12.8 Å². The van der Waals surface area contributed by atoms with Gasteiger partial charge in [-0.3, -0.25) is 0 Å². The average Bonchev–Trinajstić information content (AvgIpc) is 2.36. The van der Waals surface area contributed by atoms with E-state index in [1.165, 1.54) is 56.1 Å². The van der Waals surface area contributed by atoms with Gasteiger partial charge in [-0.25, -0.2) is 0 Å². The van der Waals surface area contributed by atoms with E-state index in [9.17, 15) is 0 Å². The van der Waals surface area contributed by atoms with Crippen LogP contribution in [0.4, 0.5) is 0 Å². The SMILES string of the molecule is C=CCc1ccc(CCCCCCCC)cc1. The van der Waals surface area contributed by atoms with Crippen molar-refractivity contribution in [2.45, 2.75) is 58.3 Å². The van der Waals surface area contributed by atoms with Crippen molar-refractivity contribution < 1.29 is 0 Å². The lowest BCUT2D eigenvalue weighted by Gasteiger charge is -2.03. The molecule has 0 aromatic heterocycles. The second-order valence-corrected chi connectivity index (χ2v) is 4.83. The molecule has 17 heavy (non-hydrogen) atoms. The van der Waals surface area contributed by atoms with Crippen LogP contribution in [0.3, 0.4) is 0 Å². The van der Waals surface area contributed by atoms with Gasteiger partial charge in [0.2, 0.25) is 0 Å². The lowest BCUT2D eigenvalue weighted by atomic mass is 10.0. The number of benzene rings is 1. The van der Waals surface area contributed by atoms with Crippen LogP contribution in [0.2, 0.25) is 0 Å². The van der Waals surface area contributed by atoms with Crippen LogP contribution in [-0.4, -0.2) is 0 Å². The van der Waals surface area contributed by atoms with Crippen molar-refractivity contribution in [2.75, 3.05) is 0 Å². The Balaban J connectivity index is 2.16. The largest absolute Gasteiger partial charge is 0.103 e. The number of hydrogen-bond donors (Lipinski definition) is 0. The Labute approximate surface area is 107 Å². The minimum atomic E-state index is 0.983. The predicted molar refractivity (Wildman–Crippen MR) is 77.4 cm³/mol. The molecule has 0 spiro atoms. The molecule has 0 bridgehead atoms. The first-order valence-corrected chi connectivity index (χ1v) is 7.05. The summed E-state index contributed by atoms with van der Waals surface area (Å²) in [6.07, 6.45) is 12.5. The molecule has 0 saturated heterocycles. The third-order valence-electron chi connectivity index (χ3n) is 3.22. The Morgan fingerprint density at radius 2 is 1.47 bits per heavy atom. The highest BCUT2D eigenvalue weighted by Crippen LogP contribution is 2.11. The highest BCUT2D eigenvalue weighted by molar-refractivity contribution is 5.23. The Morgan fingerprint density at radius 1 is 0.882 bits per heavy atom. The normalized spacial score (nSPS) is 10.4. The highest BCUT2D eigenvalue weighted by atomic mass is 14.0. The van der Waals surface area contributed by atoms with E-state index in [2.05, 4.69) is 37.8 Å². The zero-order chi connectivity index (χ0) is 12.3. The molecule has 0 heterocycles. The van der Waals surface area contributed by atoms with Crippen molar-refractivity contribution in [3.8, 4) is 0 Å². The molecule has 0 heteroatoms. The number of aryl methyl sites for hydroxylation is 1. The van der Waals surface area contributed by atoms with E-state index in [-0.39, 0.29) is 0 Å². The first kappa shape index (κ1) is 14.0. The fourth-order valence-electron chi connectivity index (χ4n) is 2.12. The maximum Gasteiger partial charge on any atom is -0.0100 e. The van der Waals surface area contributed by atoms with Crippen LogP contribution in [0.1, 0.15) is 56.6 Å².